The number of amides is 1. The van der Waals surface area contributed by atoms with Crippen LogP contribution in [0.1, 0.15) is 62.9 Å². The molecule has 0 saturated carbocycles. The summed E-state index contributed by atoms with van der Waals surface area (Å²) in [7, 11) is 0. The number of pyridine rings is 1. The third-order valence-electron chi connectivity index (χ3n) is 5.39. The number of ether oxygens (including phenoxy) is 2. The van der Waals surface area contributed by atoms with E-state index in [2.05, 4.69) is 10.3 Å². The number of nitriles is 1. The van der Waals surface area contributed by atoms with Crippen LogP contribution >= 0.6 is 0 Å². The van der Waals surface area contributed by atoms with Gasteiger partial charge in [0.2, 0.25) is 0 Å². The van der Waals surface area contributed by atoms with Gasteiger partial charge in [0.05, 0.1) is 13.0 Å². The number of ketones is 1. The molecule has 0 aliphatic carbocycles. The number of Topliss-reactive ketones (excluding diaryl/α,β-unsaturated/α-hetero) is 1. The van der Waals surface area contributed by atoms with Gasteiger partial charge in [-0.15, -0.1) is 0 Å². The summed E-state index contributed by atoms with van der Waals surface area (Å²) in [5.74, 6) is -1.40. The number of esters is 1. The Kier molecular flexibility index (Phi) is 8.89. The van der Waals surface area contributed by atoms with E-state index in [1.165, 1.54) is 6.07 Å². The zero-order chi connectivity index (χ0) is 26.1. The lowest BCUT2D eigenvalue weighted by molar-refractivity contribution is -0.143. The zero-order valence-electron chi connectivity index (χ0n) is 20.5. The second kappa shape index (κ2) is 12.3. The number of benzene rings is 2. The molecule has 184 valence electrons. The summed E-state index contributed by atoms with van der Waals surface area (Å²) in [6, 6.07) is 18.1. The van der Waals surface area contributed by atoms with Crippen LogP contribution in [0, 0.1) is 25.2 Å². The predicted octanol–water partition coefficient (Wildman–Crippen LogP) is 4.93. The van der Waals surface area contributed by atoms with Crippen LogP contribution in [-0.4, -0.2) is 29.3 Å². The van der Waals surface area contributed by atoms with Gasteiger partial charge in [-0.2, -0.15) is 5.26 Å². The van der Waals surface area contributed by atoms with Gasteiger partial charge in [0, 0.05) is 18.1 Å². The first kappa shape index (κ1) is 26.1. The standard InChI is InChI=1S/C28H27N3O5/c1-4-35-24(33)14-13-22(32)26-27(36-17-20-11-6-5-7-12-20)21(16-29)15-23(30-26)31-28(34)25-18(2)9-8-10-19(25)3/h5-12,15H,4,13-14,17H2,1-3H3,(H,30,31,34). The Hall–Kier alpha value is -4.51. The van der Waals surface area contributed by atoms with Crippen molar-refractivity contribution in [1.29, 1.82) is 5.26 Å². The molecular weight excluding hydrogens is 458 g/mol. The minimum absolute atomic E-state index is 0.000262. The third kappa shape index (κ3) is 6.54. The molecule has 0 unspecified atom stereocenters. The highest BCUT2D eigenvalue weighted by Crippen LogP contribution is 2.28. The number of nitrogens with one attached hydrogen (secondary N) is 1. The summed E-state index contributed by atoms with van der Waals surface area (Å²) < 4.78 is 10.8. The molecule has 0 aliphatic heterocycles. The van der Waals surface area contributed by atoms with E-state index in [4.69, 9.17) is 9.47 Å². The highest BCUT2D eigenvalue weighted by atomic mass is 16.5. The van der Waals surface area contributed by atoms with E-state index in [0.29, 0.717) is 5.56 Å². The van der Waals surface area contributed by atoms with Crippen LogP contribution in [0.3, 0.4) is 0 Å². The number of carbonyl (C=O) groups excluding carboxylic acids is 3. The lowest BCUT2D eigenvalue weighted by Crippen LogP contribution is -2.18. The molecule has 2 aromatic carbocycles. The van der Waals surface area contributed by atoms with E-state index in [9.17, 15) is 19.6 Å². The minimum atomic E-state index is -0.516. The van der Waals surface area contributed by atoms with Crippen LogP contribution in [0.5, 0.6) is 5.75 Å². The van der Waals surface area contributed by atoms with Crippen molar-refractivity contribution in [3.63, 3.8) is 0 Å². The number of nitrogens with zero attached hydrogens (tertiary/aromatic N) is 2. The Labute approximate surface area is 209 Å². The van der Waals surface area contributed by atoms with Gasteiger partial charge in [-0.25, -0.2) is 4.98 Å². The molecule has 1 aromatic heterocycles. The first-order chi connectivity index (χ1) is 17.3. The van der Waals surface area contributed by atoms with Crippen molar-refractivity contribution >= 4 is 23.5 Å². The minimum Gasteiger partial charge on any atom is -0.485 e. The maximum absolute atomic E-state index is 13.1. The average molecular weight is 486 g/mol. The first-order valence-electron chi connectivity index (χ1n) is 11.5. The molecule has 0 saturated heterocycles. The smallest absolute Gasteiger partial charge is 0.306 e. The third-order valence-corrected chi connectivity index (χ3v) is 5.39. The van der Waals surface area contributed by atoms with E-state index >= 15 is 0 Å². The Morgan fingerprint density at radius 3 is 2.33 bits per heavy atom. The highest BCUT2D eigenvalue weighted by Gasteiger charge is 2.23. The molecule has 0 spiro atoms. The lowest BCUT2D eigenvalue weighted by Gasteiger charge is -2.15. The zero-order valence-corrected chi connectivity index (χ0v) is 20.5. The van der Waals surface area contributed by atoms with Crippen molar-refractivity contribution in [2.45, 2.75) is 40.2 Å². The molecule has 3 aromatic rings. The number of hydrogen-bond acceptors (Lipinski definition) is 7. The topological polar surface area (TPSA) is 118 Å². The maximum atomic E-state index is 13.1. The van der Waals surface area contributed by atoms with Crippen LogP contribution < -0.4 is 10.1 Å². The molecule has 8 nitrogen and oxygen atoms in total. The fourth-order valence-corrected chi connectivity index (χ4v) is 3.66. The fourth-order valence-electron chi connectivity index (χ4n) is 3.66. The SMILES string of the molecule is CCOC(=O)CCC(=O)c1nc(NC(=O)c2c(C)cccc2C)cc(C#N)c1OCc1ccccc1. The van der Waals surface area contributed by atoms with Gasteiger partial charge in [0.1, 0.15) is 24.1 Å². The number of aryl methyl sites for hydroxylation is 2. The largest absolute Gasteiger partial charge is 0.485 e. The molecule has 0 aliphatic rings. The van der Waals surface area contributed by atoms with E-state index in [1.807, 2.05) is 68.4 Å². The van der Waals surface area contributed by atoms with Crippen molar-refractivity contribution in [3.05, 3.63) is 88.1 Å². The second-order valence-electron chi connectivity index (χ2n) is 8.07. The van der Waals surface area contributed by atoms with Crippen LogP contribution in [0.2, 0.25) is 0 Å². The number of anilines is 1. The van der Waals surface area contributed by atoms with E-state index in [-0.39, 0.29) is 48.9 Å². The monoisotopic (exact) mass is 485 g/mol. The Bertz CT molecular complexity index is 1290. The van der Waals surface area contributed by atoms with Crippen molar-refractivity contribution in [2.24, 2.45) is 0 Å². The number of rotatable bonds is 10. The van der Waals surface area contributed by atoms with Crippen LogP contribution in [-0.2, 0) is 16.1 Å². The van der Waals surface area contributed by atoms with Gasteiger partial charge in [0.15, 0.2) is 17.2 Å². The Morgan fingerprint density at radius 2 is 1.69 bits per heavy atom. The maximum Gasteiger partial charge on any atom is 0.306 e. The lowest BCUT2D eigenvalue weighted by atomic mass is 10.0. The van der Waals surface area contributed by atoms with E-state index in [0.717, 1.165) is 16.7 Å². The second-order valence-corrected chi connectivity index (χ2v) is 8.07. The molecule has 1 N–H and O–H groups in total. The molecule has 1 amide bonds. The van der Waals surface area contributed by atoms with Crippen molar-refractivity contribution in [1.82, 2.24) is 4.98 Å². The summed E-state index contributed by atoms with van der Waals surface area (Å²) in [4.78, 5) is 42.2. The number of carbonyl (C=O) groups is 3. The van der Waals surface area contributed by atoms with Gasteiger partial charge >= 0.3 is 5.97 Å². The molecule has 0 bridgehead atoms. The molecule has 36 heavy (non-hydrogen) atoms. The highest BCUT2D eigenvalue weighted by molar-refractivity contribution is 6.06. The first-order valence-corrected chi connectivity index (χ1v) is 11.5. The summed E-state index contributed by atoms with van der Waals surface area (Å²) in [6.45, 7) is 5.62. The van der Waals surface area contributed by atoms with Crippen molar-refractivity contribution < 1.29 is 23.9 Å². The van der Waals surface area contributed by atoms with Crippen LogP contribution in [0.25, 0.3) is 0 Å². The van der Waals surface area contributed by atoms with E-state index < -0.39 is 17.7 Å². The molecule has 8 heteroatoms. The van der Waals surface area contributed by atoms with Crippen LogP contribution in [0.15, 0.2) is 54.6 Å². The predicted molar refractivity (Wildman–Crippen MR) is 134 cm³/mol. The Balaban J connectivity index is 1.96. The van der Waals surface area contributed by atoms with Crippen molar-refractivity contribution in [2.75, 3.05) is 11.9 Å². The summed E-state index contributed by atoms with van der Waals surface area (Å²) in [6.07, 6.45) is -0.333. The summed E-state index contributed by atoms with van der Waals surface area (Å²) >= 11 is 0. The molecular formula is C28H27N3O5. The number of aromatic nitrogens is 1. The summed E-state index contributed by atoms with van der Waals surface area (Å²) in [5, 5.41) is 12.5. The van der Waals surface area contributed by atoms with Gasteiger partial charge in [-0.1, -0.05) is 48.5 Å². The molecule has 3 rings (SSSR count). The van der Waals surface area contributed by atoms with Crippen molar-refractivity contribution in [3.8, 4) is 11.8 Å². The molecule has 0 fully saturated rings. The van der Waals surface area contributed by atoms with Gasteiger partial charge in [-0.05, 0) is 37.5 Å². The molecule has 1 heterocycles. The average Bonchev–Trinajstić information content (AvgIpc) is 2.86. The fraction of sp³-hybridized carbons (Fsp3) is 0.250. The van der Waals surface area contributed by atoms with Gasteiger partial charge in [-0.3, -0.25) is 14.4 Å². The quantitative estimate of drug-likeness (QED) is 0.320. The van der Waals surface area contributed by atoms with Crippen LogP contribution in [0.4, 0.5) is 5.82 Å². The van der Waals surface area contributed by atoms with Gasteiger partial charge < -0.3 is 14.8 Å². The van der Waals surface area contributed by atoms with E-state index in [1.54, 1.807) is 6.92 Å². The molecule has 0 radical (unpaired) electrons. The molecule has 0 atom stereocenters. The van der Waals surface area contributed by atoms with Gasteiger partial charge in [0.25, 0.3) is 5.91 Å². The Morgan fingerprint density at radius 1 is 1.00 bits per heavy atom. The summed E-state index contributed by atoms with van der Waals surface area (Å²) in [5.41, 5.74) is 2.78. The normalized spacial score (nSPS) is 10.3. The number of hydrogen-bond donors (Lipinski definition) is 1.